The fourth-order valence-electron chi connectivity index (χ4n) is 2.51. The zero-order chi connectivity index (χ0) is 20.6. The highest BCUT2D eigenvalue weighted by Gasteiger charge is 2.33. The number of rotatable bonds is 8. The third kappa shape index (κ3) is 7.96. The van der Waals surface area contributed by atoms with Gasteiger partial charge in [0.1, 0.15) is 5.82 Å². The van der Waals surface area contributed by atoms with Crippen molar-refractivity contribution < 1.29 is 13.2 Å². The number of hydrogen-bond acceptors (Lipinski definition) is 5. The molecular weight excluding hydrogens is 516 g/mol. The molecular formula is C18H26F3IN6S. The van der Waals surface area contributed by atoms with Gasteiger partial charge in [0.25, 0.3) is 0 Å². The zero-order valence-electron chi connectivity index (χ0n) is 16.6. The molecule has 0 aromatic carbocycles. The van der Waals surface area contributed by atoms with E-state index in [4.69, 9.17) is 0 Å². The first kappa shape index (κ1) is 25.4. The van der Waals surface area contributed by atoms with Crippen molar-refractivity contribution >= 4 is 47.1 Å². The van der Waals surface area contributed by atoms with Crippen molar-refractivity contribution in [2.45, 2.75) is 33.0 Å². The lowest BCUT2D eigenvalue weighted by atomic mass is 10.2. The molecule has 29 heavy (non-hydrogen) atoms. The van der Waals surface area contributed by atoms with Crippen LogP contribution in [0.5, 0.6) is 0 Å². The number of hydrogen-bond donors (Lipinski definition) is 2. The van der Waals surface area contributed by atoms with Gasteiger partial charge in [-0.3, -0.25) is 4.99 Å². The van der Waals surface area contributed by atoms with Crippen LogP contribution in [0, 0.1) is 0 Å². The molecule has 0 spiro atoms. The maximum Gasteiger partial charge on any atom is 0.434 e. The van der Waals surface area contributed by atoms with Crippen molar-refractivity contribution in [1.82, 2.24) is 20.6 Å². The standard InChI is InChI=1S/C18H25F3N6S.HI/c1-4-27(5-2)15-7-6-13(10-24-15)11-25-17(22-3)23-9-8-16-26-14(12-28-16)18(19,20)21;/h6-7,10,12H,4-5,8-9,11H2,1-3H3,(H2,22,23,25);1H. The van der Waals surface area contributed by atoms with Crippen molar-refractivity contribution in [2.24, 2.45) is 4.99 Å². The Kier molecular flexibility index (Phi) is 10.6. The normalized spacial score (nSPS) is 11.7. The van der Waals surface area contributed by atoms with E-state index in [1.54, 1.807) is 7.05 Å². The molecule has 0 saturated carbocycles. The molecule has 0 bridgehead atoms. The molecule has 0 unspecified atom stereocenters. The fraction of sp³-hybridized carbons (Fsp3) is 0.500. The molecule has 6 nitrogen and oxygen atoms in total. The first-order chi connectivity index (χ1) is 13.4. The largest absolute Gasteiger partial charge is 0.434 e. The Morgan fingerprint density at radius 2 is 1.93 bits per heavy atom. The minimum Gasteiger partial charge on any atom is -0.357 e. The average Bonchev–Trinajstić information content (AvgIpc) is 3.16. The molecule has 0 radical (unpaired) electrons. The highest BCUT2D eigenvalue weighted by atomic mass is 127. The predicted octanol–water partition coefficient (Wildman–Crippen LogP) is 3.93. The molecule has 0 aliphatic rings. The number of guanidine groups is 1. The first-order valence-corrected chi connectivity index (χ1v) is 9.91. The Morgan fingerprint density at radius 3 is 2.45 bits per heavy atom. The summed E-state index contributed by atoms with van der Waals surface area (Å²) in [6, 6.07) is 4.00. The van der Waals surface area contributed by atoms with Crippen molar-refractivity contribution in [3.8, 4) is 0 Å². The summed E-state index contributed by atoms with van der Waals surface area (Å²) in [4.78, 5) is 14.4. The number of nitrogens with zero attached hydrogens (tertiary/aromatic N) is 4. The van der Waals surface area contributed by atoms with Gasteiger partial charge in [0, 0.05) is 51.2 Å². The van der Waals surface area contributed by atoms with Gasteiger partial charge in [-0.1, -0.05) is 6.07 Å². The topological polar surface area (TPSA) is 65.4 Å². The summed E-state index contributed by atoms with van der Waals surface area (Å²) >= 11 is 1.01. The fourth-order valence-corrected chi connectivity index (χ4v) is 3.31. The van der Waals surface area contributed by atoms with Crippen LogP contribution < -0.4 is 15.5 Å². The summed E-state index contributed by atoms with van der Waals surface area (Å²) < 4.78 is 37.7. The second-order valence-corrected chi connectivity index (χ2v) is 6.87. The number of aromatic nitrogens is 2. The molecule has 2 heterocycles. The molecule has 0 saturated heterocycles. The maximum absolute atomic E-state index is 12.6. The van der Waals surface area contributed by atoms with Gasteiger partial charge in [0.2, 0.25) is 0 Å². The van der Waals surface area contributed by atoms with Crippen molar-refractivity contribution in [2.75, 3.05) is 31.6 Å². The van der Waals surface area contributed by atoms with Crippen LogP contribution in [0.25, 0.3) is 0 Å². The first-order valence-electron chi connectivity index (χ1n) is 9.03. The van der Waals surface area contributed by atoms with Crippen LogP contribution in [0.15, 0.2) is 28.7 Å². The Labute approximate surface area is 190 Å². The van der Waals surface area contributed by atoms with E-state index in [1.165, 1.54) is 0 Å². The van der Waals surface area contributed by atoms with Gasteiger partial charge in [-0.05, 0) is 25.5 Å². The predicted molar refractivity (Wildman–Crippen MR) is 122 cm³/mol. The van der Waals surface area contributed by atoms with E-state index in [0.717, 1.165) is 41.2 Å². The molecule has 2 N–H and O–H groups in total. The second-order valence-electron chi connectivity index (χ2n) is 5.92. The zero-order valence-corrected chi connectivity index (χ0v) is 19.7. The minimum atomic E-state index is -4.39. The van der Waals surface area contributed by atoms with Crippen molar-refractivity contribution in [3.63, 3.8) is 0 Å². The monoisotopic (exact) mass is 542 g/mol. The molecule has 2 aromatic rings. The number of anilines is 1. The second kappa shape index (κ2) is 12.2. The summed E-state index contributed by atoms with van der Waals surface area (Å²) in [6.45, 7) is 6.96. The molecule has 0 atom stereocenters. The summed E-state index contributed by atoms with van der Waals surface area (Å²) in [5.74, 6) is 1.51. The van der Waals surface area contributed by atoms with Gasteiger partial charge in [-0.15, -0.1) is 35.3 Å². The molecule has 0 fully saturated rings. The maximum atomic E-state index is 12.6. The molecule has 0 amide bonds. The Balaban J connectivity index is 0.00000420. The summed E-state index contributed by atoms with van der Waals surface area (Å²) in [7, 11) is 1.64. The Morgan fingerprint density at radius 1 is 1.21 bits per heavy atom. The van der Waals surface area contributed by atoms with Gasteiger partial charge < -0.3 is 15.5 Å². The van der Waals surface area contributed by atoms with Crippen LogP contribution in [0.2, 0.25) is 0 Å². The lowest BCUT2D eigenvalue weighted by molar-refractivity contribution is -0.140. The van der Waals surface area contributed by atoms with Gasteiger partial charge in [-0.2, -0.15) is 13.2 Å². The third-order valence-electron chi connectivity index (χ3n) is 4.05. The lowest BCUT2D eigenvalue weighted by Gasteiger charge is -2.19. The number of pyridine rings is 1. The number of halogens is 4. The smallest absolute Gasteiger partial charge is 0.357 e. The molecule has 0 aliphatic heterocycles. The van der Waals surface area contributed by atoms with E-state index >= 15 is 0 Å². The van der Waals surface area contributed by atoms with Crippen LogP contribution in [-0.2, 0) is 19.1 Å². The molecule has 2 rings (SSSR count). The highest BCUT2D eigenvalue weighted by molar-refractivity contribution is 14.0. The average molecular weight is 542 g/mol. The molecule has 0 aliphatic carbocycles. The SMILES string of the molecule is CCN(CC)c1ccc(CNC(=NC)NCCc2nc(C(F)(F)F)cs2)cn1.I. The van der Waals surface area contributed by atoms with E-state index in [1.807, 2.05) is 18.3 Å². The van der Waals surface area contributed by atoms with E-state index in [-0.39, 0.29) is 24.0 Å². The summed E-state index contributed by atoms with van der Waals surface area (Å²) in [5.41, 5.74) is 0.171. The summed E-state index contributed by atoms with van der Waals surface area (Å²) in [6.07, 6.45) is -2.18. The molecule has 2 aromatic heterocycles. The molecule has 162 valence electrons. The van der Waals surface area contributed by atoms with E-state index in [9.17, 15) is 13.2 Å². The number of aliphatic imine (C=N–C) groups is 1. The van der Waals surface area contributed by atoms with Gasteiger partial charge in [0.05, 0.1) is 5.01 Å². The van der Waals surface area contributed by atoms with E-state index in [2.05, 4.69) is 44.3 Å². The van der Waals surface area contributed by atoms with E-state index in [0.29, 0.717) is 30.5 Å². The number of alkyl halides is 3. The van der Waals surface area contributed by atoms with Crippen LogP contribution >= 0.6 is 35.3 Å². The Hall–Kier alpha value is -1.63. The van der Waals surface area contributed by atoms with Gasteiger partial charge in [0.15, 0.2) is 11.7 Å². The van der Waals surface area contributed by atoms with Crippen LogP contribution in [0.3, 0.4) is 0 Å². The molecule has 11 heteroatoms. The summed E-state index contributed by atoms with van der Waals surface area (Å²) in [5, 5.41) is 7.72. The van der Waals surface area contributed by atoms with Crippen LogP contribution in [0.4, 0.5) is 19.0 Å². The van der Waals surface area contributed by atoms with E-state index < -0.39 is 11.9 Å². The van der Waals surface area contributed by atoms with Crippen molar-refractivity contribution in [1.29, 1.82) is 0 Å². The minimum absolute atomic E-state index is 0. The number of thiazole rings is 1. The highest BCUT2D eigenvalue weighted by Crippen LogP contribution is 2.29. The quantitative estimate of drug-likeness (QED) is 0.301. The van der Waals surface area contributed by atoms with Crippen LogP contribution in [0.1, 0.15) is 30.1 Å². The van der Waals surface area contributed by atoms with Gasteiger partial charge in [-0.25, -0.2) is 9.97 Å². The van der Waals surface area contributed by atoms with Crippen LogP contribution in [-0.4, -0.2) is 42.6 Å². The lowest BCUT2D eigenvalue weighted by Crippen LogP contribution is -2.37. The van der Waals surface area contributed by atoms with Gasteiger partial charge >= 0.3 is 6.18 Å². The third-order valence-corrected chi connectivity index (χ3v) is 4.96. The van der Waals surface area contributed by atoms with Crippen molar-refractivity contribution in [3.05, 3.63) is 40.0 Å². The Bertz CT molecular complexity index is 760. The number of nitrogens with one attached hydrogen (secondary N) is 2.